The number of nitrogens with zero attached hydrogens (tertiary/aromatic N) is 1. The normalized spacial score (nSPS) is 30.3. The minimum Gasteiger partial charge on any atom is -0.390 e. The number of hydrogen-bond acceptors (Lipinski definition) is 3. The maximum Gasteiger partial charge on any atom is 0.0885 e. The number of aliphatic hydroxyl groups is 1. The minimum absolute atomic E-state index is 0.0259. The quantitative estimate of drug-likeness (QED) is 0.822. The van der Waals surface area contributed by atoms with Gasteiger partial charge in [0.15, 0.2) is 0 Å². The van der Waals surface area contributed by atoms with Crippen molar-refractivity contribution in [3.8, 4) is 0 Å². The third-order valence-electron chi connectivity index (χ3n) is 3.76. The molecule has 86 valence electrons. The van der Waals surface area contributed by atoms with Gasteiger partial charge in [0, 0.05) is 24.4 Å². The van der Waals surface area contributed by atoms with Gasteiger partial charge in [-0.1, -0.05) is 6.07 Å². The lowest BCUT2D eigenvalue weighted by molar-refractivity contribution is -0.0157. The van der Waals surface area contributed by atoms with E-state index >= 15 is 0 Å². The van der Waals surface area contributed by atoms with Gasteiger partial charge >= 0.3 is 0 Å². The van der Waals surface area contributed by atoms with Crippen LogP contribution in [0.2, 0.25) is 0 Å². The van der Waals surface area contributed by atoms with Crippen LogP contribution in [0, 0.1) is 0 Å². The lowest BCUT2D eigenvalue weighted by Crippen LogP contribution is -2.31. The first-order valence-corrected chi connectivity index (χ1v) is 6.10. The largest absolute Gasteiger partial charge is 0.390 e. The van der Waals surface area contributed by atoms with E-state index in [1.165, 1.54) is 5.56 Å². The summed E-state index contributed by atoms with van der Waals surface area (Å²) >= 11 is 0. The first-order chi connectivity index (χ1) is 7.86. The molecule has 1 fully saturated rings. The first kappa shape index (κ1) is 10.2. The molecule has 3 heteroatoms. The van der Waals surface area contributed by atoms with Crippen molar-refractivity contribution in [2.24, 2.45) is 0 Å². The average molecular weight is 219 g/mol. The van der Waals surface area contributed by atoms with Crippen molar-refractivity contribution in [1.29, 1.82) is 0 Å². The second kappa shape index (κ2) is 4.15. The van der Waals surface area contributed by atoms with Crippen LogP contribution in [-0.2, 0) is 11.2 Å². The zero-order valence-electron chi connectivity index (χ0n) is 9.30. The first-order valence-electron chi connectivity index (χ1n) is 6.10. The molecule has 0 amide bonds. The molecule has 1 N–H and O–H groups in total. The topological polar surface area (TPSA) is 42.4 Å². The maximum absolute atomic E-state index is 10.3. The Morgan fingerprint density at radius 3 is 3.19 bits per heavy atom. The van der Waals surface area contributed by atoms with Crippen molar-refractivity contribution < 1.29 is 9.84 Å². The third-order valence-corrected chi connectivity index (χ3v) is 3.76. The Hall–Kier alpha value is -0.930. The van der Waals surface area contributed by atoms with Crippen LogP contribution in [0.15, 0.2) is 18.3 Å². The predicted molar refractivity (Wildman–Crippen MR) is 60.3 cm³/mol. The summed E-state index contributed by atoms with van der Waals surface area (Å²) in [6.07, 6.45) is 5.57. The van der Waals surface area contributed by atoms with Crippen LogP contribution in [0.1, 0.15) is 36.4 Å². The smallest absolute Gasteiger partial charge is 0.0885 e. The molecule has 3 rings (SSSR count). The molecule has 3 nitrogen and oxygen atoms in total. The Morgan fingerprint density at radius 1 is 1.44 bits per heavy atom. The minimum atomic E-state index is -0.376. The molecule has 1 aliphatic heterocycles. The van der Waals surface area contributed by atoms with Gasteiger partial charge in [-0.25, -0.2) is 0 Å². The van der Waals surface area contributed by atoms with Crippen LogP contribution < -0.4 is 0 Å². The molecule has 1 aromatic heterocycles. The summed E-state index contributed by atoms with van der Waals surface area (Å²) in [5.41, 5.74) is 2.38. The molecule has 0 saturated carbocycles. The van der Waals surface area contributed by atoms with Crippen LogP contribution in [0.25, 0.3) is 0 Å². The molecule has 1 aliphatic carbocycles. The number of pyridine rings is 1. The van der Waals surface area contributed by atoms with E-state index in [-0.39, 0.29) is 18.1 Å². The van der Waals surface area contributed by atoms with Crippen LogP contribution in [-0.4, -0.2) is 28.9 Å². The highest BCUT2D eigenvalue weighted by molar-refractivity contribution is 5.29. The van der Waals surface area contributed by atoms with E-state index in [1.54, 1.807) is 0 Å². The van der Waals surface area contributed by atoms with Crippen molar-refractivity contribution in [1.82, 2.24) is 4.98 Å². The number of rotatable bonds is 2. The zero-order chi connectivity index (χ0) is 11.0. The molecule has 0 aromatic carbocycles. The Morgan fingerprint density at radius 2 is 2.38 bits per heavy atom. The summed E-state index contributed by atoms with van der Waals surface area (Å²) in [4.78, 5) is 4.42. The van der Waals surface area contributed by atoms with Crippen molar-refractivity contribution in [2.75, 3.05) is 6.61 Å². The van der Waals surface area contributed by atoms with Gasteiger partial charge < -0.3 is 9.84 Å². The van der Waals surface area contributed by atoms with Crippen LogP contribution in [0.5, 0.6) is 0 Å². The molecular formula is C13H17NO2. The summed E-state index contributed by atoms with van der Waals surface area (Å²) in [5.74, 6) is 0.180. The lowest BCUT2D eigenvalue weighted by Gasteiger charge is -2.23. The van der Waals surface area contributed by atoms with Gasteiger partial charge in [0.2, 0.25) is 0 Å². The van der Waals surface area contributed by atoms with Crippen molar-refractivity contribution in [2.45, 2.75) is 43.8 Å². The fraction of sp³-hybridized carbons (Fsp3) is 0.615. The number of aryl methyl sites for hydroxylation is 1. The van der Waals surface area contributed by atoms with Crippen LogP contribution in [0.4, 0.5) is 0 Å². The number of ether oxygens (including phenoxy) is 1. The fourth-order valence-electron chi connectivity index (χ4n) is 2.91. The molecule has 3 atom stereocenters. The summed E-state index contributed by atoms with van der Waals surface area (Å²) in [5, 5.41) is 10.3. The van der Waals surface area contributed by atoms with Crippen LogP contribution >= 0.6 is 0 Å². The fourth-order valence-corrected chi connectivity index (χ4v) is 2.91. The van der Waals surface area contributed by atoms with Gasteiger partial charge in [-0.2, -0.15) is 0 Å². The average Bonchev–Trinajstić information content (AvgIpc) is 2.98. The van der Waals surface area contributed by atoms with Crippen molar-refractivity contribution in [3.63, 3.8) is 0 Å². The molecular weight excluding hydrogens is 202 g/mol. The zero-order valence-corrected chi connectivity index (χ0v) is 9.30. The molecule has 3 unspecified atom stereocenters. The van der Waals surface area contributed by atoms with E-state index in [9.17, 15) is 5.11 Å². The van der Waals surface area contributed by atoms with E-state index in [0.717, 1.165) is 38.0 Å². The highest BCUT2D eigenvalue weighted by atomic mass is 16.5. The molecule has 0 radical (unpaired) electrons. The number of fused-ring (bicyclic) bond motifs is 1. The highest BCUT2D eigenvalue weighted by Gasteiger charge is 2.36. The molecule has 0 bridgehead atoms. The SMILES string of the molecule is OC(C1CCCO1)C1CCc2cccnc21. The number of hydrogen-bond donors (Lipinski definition) is 1. The Labute approximate surface area is 95.5 Å². The molecule has 16 heavy (non-hydrogen) atoms. The Balaban J connectivity index is 1.81. The molecule has 2 aliphatic rings. The molecule has 1 saturated heterocycles. The van der Waals surface area contributed by atoms with Gasteiger partial charge in [0.05, 0.1) is 12.2 Å². The second-order valence-electron chi connectivity index (χ2n) is 4.73. The highest BCUT2D eigenvalue weighted by Crippen LogP contribution is 2.36. The van der Waals surface area contributed by atoms with Gasteiger partial charge in [-0.15, -0.1) is 0 Å². The van der Waals surface area contributed by atoms with Gasteiger partial charge in [-0.3, -0.25) is 4.98 Å². The summed E-state index contributed by atoms with van der Waals surface area (Å²) in [7, 11) is 0. The maximum atomic E-state index is 10.3. The van der Waals surface area contributed by atoms with E-state index in [1.807, 2.05) is 12.3 Å². The van der Waals surface area contributed by atoms with Crippen molar-refractivity contribution >= 4 is 0 Å². The lowest BCUT2D eigenvalue weighted by atomic mass is 9.94. The van der Waals surface area contributed by atoms with Gasteiger partial charge in [-0.05, 0) is 37.3 Å². The molecule has 0 spiro atoms. The molecule has 1 aromatic rings. The second-order valence-corrected chi connectivity index (χ2v) is 4.73. The van der Waals surface area contributed by atoms with E-state index in [4.69, 9.17) is 4.74 Å². The third kappa shape index (κ3) is 1.64. The number of aromatic nitrogens is 1. The molecule has 2 heterocycles. The monoisotopic (exact) mass is 219 g/mol. The number of aliphatic hydroxyl groups excluding tert-OH is 1. The van der Waals surface area contributed by atoms with E-state index in [0.29, 0.717) is 0 Å². The van der Waals surface area contributed by atoms with E-state index < -0.39 is 0 Å². The van der Waals surface area contributed by atoms with E-state index in [2.05, 4.69) is 11.1 Å². The van der Waals surface area contributed by atoms with Gasteiger partial charge in [0.1, 0.15) is 0 Å². The summed E-state index contributed by atoms with van der Waals surface area (Å²) in [6.45, 7) is 0.795. The summed E-state index contributed by atoms with van der Waals surface area (Å²) < 4.78 is 5.56. The standard InChI is InChI=1S/C13H17NO2/c15-13(11-4-2-8-16-11)10-6-5-9-3-1-7-14-12(9)10/h1,3,7,10-11,13,15H,2,4-6,8H2. The Bertz CT molecular complexity index is 374. The van der Waals surface area contributed by atoms with Crippen molar-refractivity contribution in [3.05, 3.63) is 29.6 Å². The summed E-state index contributed by atoms with van der Waals surface area (Å²) in [6, 6.07) is 4.09. The Kier molecular flexibility index (Phi) is 2.65. The van der Waals surface area contributed by atoms with Gasteiger partial charge in [0.25, 0.3) is 0 Å². The van der Waals surface area contributed by atoms with Crippen LogP contribution in [0.3, 0.4) is 0 Å². The predicted octanol–water partition coefficient (Wildman–Crippen LogP) is 1.65.